The molecular weight excluding hydrogens is 254 g/mol. The van der Waals surface area contributed by atoms with Crippen molar-refractivity contribution in [2.24, 2.45) is 0 Å². The molecule has 2 aromatic rings. The van der Waals surface area contributed by atoms with Gasteiger partial charge in [0.1, 0.15) is 11.4 Å². The molecule has 0 aliphatic carbocycles. The number of rotatable bonds is 4. The molecule has 0 aliphatic rings. The number of aromatic nitrogens is 1. The summed E-state index contributed by atoms with van der Waals surface area (Å²) >= 11 is 0. The summed E-state index contributed by atoms with van der Waals surface area (Å²) in [4.78, 5) is 13.2. The number of benzene rings is 1. The van der Waals surface area contributed by atoms with Crippen LogP contribution in [-0.4, -0.2) is 18.1 Å². The number of anilines is 2. The molecule has 106 valence electrons. The van der Waals surface area contributed by atoms with E-state index in [0.717, 1.165) is 34.9 Å². The van der Waals surface area contributed by atoms with Crippen molar-refractivity contribution in [3.8, 4) is 0 Å². The molecule has 0 unspecified atom stereocenters. The van der Waals surface area contributed by atoms with Crippen LogP contribution in [0.4, 0.5) is 11.4 Å². The third-order valence-corrected chi connectivity index (χ3v) is 3.04. The Morgan fingerprint density at radius 3 is 2.75 bits per heavy atom. The zero-order chi connectivity index (χ0) is 14.7. The predicted octanol–water partition coefficient (Wildman–Crippen LogP) is 2.89. The fourth-order valence-corrected chi connectivity index (χ4v) is 2.33. The molecule has 1 aromatic carbocycles. The van der Waals surface area contributed by atoms with Crippen molar-refractivity contribution in [2.75, 3.05) is 17.3 Å². The van der Waals surface area contributed by atoms with Gasteiger partial charge in [-0.3, -0.25) is 4.79 Å². The van der Waals surface area contributed by atoms with E-state index >= 15 is 0 Å². The van der Waals surface area contributed by atoms with Gasteiger partial charge < -0.3 is 14.7 Å². The molecule has 2 rings (SSSR count). The second-order valence-corrected chi connectivity index (χ2v) is 4.91. The van der Waals surface area contributed by atoms with E-state index in [0.29, 0.717) is 0 Å². The van der Waals surface area contributed by atoms with Gasteiger partial charge in [0.25, 0.3) is 0 Å². The van der Waals surface area contributed by atoms with Crippen molar-refractivity contribution in [3.63, 3.8) is 0 Å². The number of carbonyl (C=O) groups is 1. The first-order valence-corrected chi connectivity index (χ1v) is 6.48. The third kappa shape index (κ3) is 3.17. The second kappa shape index (κ2) is 5.77. The van der Waals surface area contributed by atoms with Gasteiger partial charge in [0.2, 0.25) is 5.91 Å². The molecule has 1 N–H and O–H groups in total. The Labute approximate surface area is 118 Å². The van der Waals surface area contributed by atoms with E-state index in [1.165, 1.54) is 6.92 Å². The normalized spacial score (nSPS) is 10.4. The predicted molar refractivity (Wildman–Crippen MR) is 78.8 cm³/mol. The van der Waals surface area contributed by atoms with E-state index in [1.807, 2.05) is 45.2 Å². The molecule has 0 spiro atoms. The first kappa shape index (κ1) is 14.1. The summed E-state index contributed by atoms with van der Waals surface area (Å²) in [5, 5.41) is 6.75. The zero-order valence-electron chi connectivity index (χ0n) is 12.2. The Morgan fingerprint density at radius 1 is 1.40 bits per heavy atom. The van der Waals surface area contributed by atoms with Gasteiger partial charge in [-0.05, 0) is 31.5 Å². The standard InChI is InChI=1S/C15H19N3O2/c1-10-15(11(2)20-17-10)18(4)9-13-6-5-7-14(8-13)16-12(3)19/h5-8H,9H2,1-4H3,(H,16,19). The molecule has 0 fully saturated rings. The summed E-state index contributed by atoms with van der Waals surface area (Å²) in [5.41, 5.74) is 3.80. The second-order valence-electron chi connectivity index (χ2n) is 4.91. The first-order chi connectivity index (χ1) is 9.47. The molecule has 0 saturated heterocycles. The number of aryl methyl sites for hydroxylation is 2. The molecule has 0 saturated carbocycles. The van der Waals surface area contributed by atoms with Crippen LogP contribution in [0.3, 0.4) is 0 Å². The largest absolute Gasteiger partial charge is 0.366 e. The quantitative estimate of drug-likeness (QED) is 0.930. The number of hydrogen-bond acceptors (Lipinski definition) is 4. The van der Waals surface area contributed by atoms with Crippen LogP contribution in [0, 0.1) is 13.8 Å². The van der Waals surface area contributed by atoms with Crippen LogP contribution >= 0.6 is 0 Å². The fraction of sp³-hybridized carbons (Fsp3) is 0.333. The Bertz CT molecular complexity index is 600. The molecule has 5 nitrogen and oxygen atoms in total. The van der Waals surface area contributed by atoms with Gasteiger partial charge in [-0.25, -0.2) is 0 Å². The summed E-state index contributed by atoms with van der Waals surface area (Å²) < 4.78 is 5.18. The molecular formula is C15H19N3O2. The minimum Gasteiger partial charge on any atom is -0.366 e. The highest BCUT2D eigenvalue weighted by molar-refractivity contribution is 5.88. The first-order valence-electron chi connectivity index (χ1n) is 6.48. The molecule has 0 radical (unpaired) electrons. The summed E-state index contributed by atoms with van der Waals surface area (Å²) in [6.07, 6.45) is 0. The number of amides is 1. The van der Waals surface area contributed by atoms with Crippen LogP contribution in [-0.2, 0) is 11.3 Å². The van der Waals surface area contributed by atoms with Crippen molar-refractivity contribution in [1.82, 2.24) is 5.16 Å². The highest BCUT2D eigenvalue weighted by Gasteiger charge is 2.13. The van der Waals surface area contributed by atoms with Gasteiger partial charge in [0.05, 0.1) is 0 Å². The van der Waals surface area contributed by atoms with Gasteiger partial charge in [0, 0.05) is 26.2 Å². The fourth-order valence-electron chi connectivity index (χ4n) is 2.33. The van der Waals surface area contributed by atoms with Crippen LogP contribution in [0.5, 0.6) is 0 Å². The van der Waals surface area contributed by atoms with E-state index < -0.39 is 0 Å². The molecule has 1 aromatic heterocycles. The van der Waals surface area contributed by atoms with Gasteiger partial charge >= 0.3 is 0 Å². The Hall–Kier alpha value is -2.30. The van der Waals surface area contributed by atoms with E-state index in [4.69, 9.17) is 4.52 Å². The van der Waals surface area contributed by atoms with Crippen molar-refractivity contribution in [1.29, 1.82) is 0 Å². The van der Waals surface area contributed by atoms with E-state index in [9.17, 15) is 4.79 Å². The topological polar surface area (TPSA) is 58.4 Å². The highest BCUT2D eigenvalue weighted by Crippen LogP contribution is 2.24. The van der Waals surface area contributed by atoms with Gasteiger partial charge in [-0.1, -0.05) is 17.3 Å². The lowest BCUT2D eigenvalue weighted by atomic mass is 10.1. The minimum atomic E-state index is -0.0683. The van der Waals surface area contributed by atoms with Crippen LogP contribution < -0.4 is 10.2 Å². The lowest BCUT2D eigenvalue weighted by Gasteiger charge is -2.19. The molecule has 0 atom stereocenters. The summed E-state index contributed by atoms with van der Waals surface area (Å²) in [6, 6.07) is 7.80. The molecule has 1 amide bonds. The molecule has 0 bridgehead atoms. The van der Waals surface area contributed by atoms with Crippen LogP contribution in [0.15, 0.2) is 28.8 Å². The van der Waals surface area contributed by atoms with Gasteiger partial charge in [-0.2, -0.15) is 0 Å². The lowest BCUT2D eigenvalue weighted by molar-refractivity contribution is -0.114. The molecule has 0 aliphatic heterocycles. The monoisotopic (exact) mass is 273 g/mol. The maximum absolute atomic E-state index is 11.1. The summed E-state index contributed by atoms with van der Waals surface area (Å²) in [6.45, 7) is 6.05. The van der Waals surface area contributed by atoms with E-state index in [-0.39, 0.29) is 5.91 Å². The average molecular weight is 273 g/mol. The van der Waals surface area contributed by atoms with Crippen molar-refractivity contribution < 1.29 is 9.32 Å². The molecule has 20 heavy (non-hydrogen) atoms. The minimum absolute atomic E-state index is 0.0683. The van der Waals surface area contributed by atoms with E-state index in [2.05, 4.69) is 15.4 Å². The Balaban J connectivity index is 2.15. The number of nitrogens with zero attached hydrogens (tertiary/aromatic N) is 2. The Kier molecular flexibility index (Phi) is 4.08. The average Bonchev–Trinajstić information content (AvgIpc) is 2.68. The van der Waals surface area contributed by atoms with E-state index in [1.54, 1.807) is 0 Å². The van der Waals surface area contributed by atoms with Crippen LogP contribution in [0.25, 0.3) is 0 Å². The molecule has 1 heterocycles. The number of hydrogen-bond donors (Lipinski definition) is 1. The lowest BCUT2D eigenvalue weighted by Crippen LogP contribution is -2.17. The van der Waals surface area contributed by atoms with Crippen molar-refractivity contribution >= 4 is 17.3 Å². The van der Waals surface area contributed by atoms with Crippen LogP contribution in [0.1, 0.15) is 23.9 Å². The van der Waals surface area contributed by atoms with Gasteiger partial charge in [-0.15, -0.1) is 0 Å². The number of carbonyl (C=O) groups excluding carboxylic acids is 1. The maximum atomic E-state index is 11.1. The third-order valence-electron chi connectivity index (χ3n) is 3.04. The SMILES string of the molecule is CC(=O)Nc1cccc(CN(C)c2c(C)noc2C)c1. The van der Waals surface area contributed by atoms with Crippen molar-refractivity contribution in [3.05, 3.63) is 41.3 Å². The maximum Gasteiger partial charge on any atom is 0.221 e. The smallest absolute Gasteiger partial charge is 0.221 e. The zero-order valence-corrected chi connectivity index (χ0v) is 12.2. The Morgan fingerprint density at radius 2 is 2.15 bits per heavy atom. The summed E-state index contributed by atoms with van der Waals surface area (Å²) in [7, 11) is 2.00. The van der Waals surface area contributed by atoms with Gasteiger partial charge in [0.15, 0.2) is 5.76 Å². The number of nitrogens with one attached hydrogen (secondary N) is 1. The highest BCUT2D eigenvalue weighted by atomic mass is 16.5. The molecule has 5 heteroatoms. The summed E-state index contributed by atoms with van der Waals surface area (Å²) in [5.74, 6) is 0.740. The van der Waals surface area contributed by atoms with Crippen LogP contribution in [0.2, 0.25) is 0 Å². The van der Waals surface area contributed by atoms with Crippen molar-refractivity contribution in [2.45, 2.75) is 27.3 Å².